The monoisotopic (exact) mass is 371 g/mol. The van der Waals surface area contributed by atoms with Crippen LogP contribution in [0.5, 0.6) is 0 Å². The van der Waals surface area contributed by atoms with E-state index in [1.165, 1.54) is 6.07 Å². The number of aromatic nitrogens is 2. The average Bonchev–Trinajstić information content (AvgIpc) is 2.69. The van der Waals surface area contributed by atoms with Crippen LogP contribution >= 0.6 is 0 Å². The molecule has 0 saturated carbocycles. The lowest BCUT2D eigenvalue weighted by atomic mass is 10.2. The van der Waals surface area contributed by atoms with E-state index in [0.29, 0.717) is 56.5 Å². The molecule has 0 atom stereocenters. The van der Waals surface area contributed by atoms with Crippen LogP contribution in [0.1, 0.15) is 30.2 Å². The van der Waals surface area contributed by atoms with Crippen molar-refractivity contribution in [1.82, 2.24) is 14.9 Å². The van der Waals surface area contributed by atoms with E-state index in [0.717, 1.165) is 5.82 Å². The van der Waals surface area contributed by atoms with Crippen molar-refractivity contribution >= 4 is 17.4 Å². The second-order valence-electron chi connectivity index (χ2n) is 6.56. The van der Waals surface area contributed by atoms with Gasteiger partial charge in [0.25, 0.3) is 5.91 Å². The van der Waals surface area contributed by atoms with Crippen molar-refractivity contribution in [1.29, 1.82) is 0 Å². The van der Waals surface area contributed by atoms with Gasteiger partial charge in [-0.3, -0.25) is 4.79 Å². The van der Waals surface area contributed by atoms with Crippen LogP contribution in [0, 0.1) is 12.7 Å². The molecule has 0 aliphatic carbocycles. The van der Waals surface area contributed by atoms with Crippen LogP contribution in [0.25, 0.3) is 0 Å². The fraction of sp³-hybridized carbons (Fsp3) is 0.450. The number of piperazine rings is 1. The van der Waals surface area contributed by atoms with Gasteiger partial charge < -0.3 is 14.7 Å². The Morgan fingerprint density at radius 2 is 1.70 bits per heavy atom. The number of carbonyl (C=O) groups is 1. The maximum Gasteiger partial charge on any atom is 0.272 e. The van der Waals surface area contributed by atoms with Crippen molar-refractivity contribution in [2.24, 2.45) is 0 Å². The first kappa shape index (κ1) is 19.1. The van der Waals surface area contributed by atoms with Crippen molar-refractivity contribution in [2.45, 2.75) is 20.8 Å². The number of aryl methyl sites for hydroxylation is 1. The van der Waals surface area contributed by atoms with Crippen LogP contribution in [0.15, 0.2) is 30.3 Å². The lowest BCUT2D eigenvalue weighted by Crippen LogP contribution is -2.47. The molecule has 1 amide bonds. The van der Waals surface area contributed by atoms with Crippen LogP contribution in [0.3, 0.4) is 0 Å². The summed E-state index contributed by atoms with van der Waals surface area (Å²) in [7, 11) is 0. The molecular formula is C20H26FN5O. The van der Waals surface area contributed by atoms with Crippen LogP contribution in [-0.4, -0.2) is 60.0 Å². The second kappa shape index (κ2) is 8.33. The molecule has 3 rings (SSSR count). The molecule has 6 nitrogen and oxygen atoms in total. The van der Waals surface area contributed by atoms with Gasteiger partial charge in [0.1, 0.15) is 23.2 Å². The van der Waals surface area contributed by atoms with Crippen LogP contribution in [0.2, 0.25) is 0 Å². The highest BCUT2D eigenvalue weighted by molar-refractivity contribution is 5.93. The number of nitrogens with zero attached hydrogens (tertiary/aromatic N) is 5. The summed E-state index contributed by atoms with van der Waals surface area (Å²) in [5.74, 6) is 1.07. The van der Waals surface area contributed by atoms with Gasteiger partial charge in [-0.05, 0) is 32.9 Å². The zero-order chi connectivity index (χ0) is 19.4. The quantitative estimate of drug-likeness (QED) is 0.809. The van der Waals surface area contributed by atoms with Gasteiger partial charge in [-0.25, -0.2) is 14.4 Å². The van der Waals surface area contributed by atoms with Crippen molar-refractivity contribution in [3.05, 3.63) is 47.7 Å². The molecule has 0 unspecified atom stereocenters. The summed E-state index contributed by atoms with van der Waals surface area (Å²) in [4.78, 5) is 27.4. The minimum absolute atomic E-state index is 0.0725. The van der Waals surface area contributed by atoms with E-state index in [4.69, 9.17) is 0 Å². The molecule has 1 aliphatic heterocycles. The van der Waals surface area contributed by atoms with E-state index in [9.17, 15) is 9.18 Å². The van der Waals surface area contributed by atoms with Gasteiger partial charge in [-0.1, -0.05) is 12.1 Å². The Labute approximate surface area is 159 Å². The van der Waals surface area contributed by atoms with Gasteiger partial charge in [-0.15, -0.1) is 0 Å². The van der Waals surface area contributed by atoms with Crippen molar-refractivity contribution in [2.75, 3.05) is 49.1 Å². The molecule has 1 aliphatic rings. The fourth-order valence-corrected chi connectivity index (χ4v) is 3.38. The topological polar surface area (TPSA) is 52.6 Å². The number of anilines is 2. The number of hydrogen-bond acceptors (Lipinski definition) is 5. The summed E-state index contributed by atoms with van der Waals surface area (Å²) >= 11 is 0. The molecule has 2 heterocycles. The molecule has 0 radical (unpaired) electrons. The van der Waals surface area contributed by atoms with E-state index < -0.39 is 0 Å². The molecule has 2 aromatic rings. The Morgan fingerprint density at radius 1 is 1.07 bits per heavy atom. The molecule has 1 aromatic carbocycles. The zero-order valence-electron chi connectivity index (χ0n) is 16.2. The summed E-state index contributed by atoms with van der Waals surface area (Å²) in [6.45, 7) is 9.83. The van der Waals surface area contributed by atoms with Crippen LogP contribution in [0.4, 0.5) is 15.9 Å². The minimum Gasteiger partial charge on any atom is -0.366 e. The molecule has 0 N–H and O–H groups in total. The maximum absolute atomic E-state index is 14.0. The van der Waals surface area contributed by atoms with Crippen LogP contribution < -0.4 is 9.80 Å². The lowest BCUT2D eigenvalue weighted by molar-refractivity contribution is 0.0766. The Morgan fingerprint density at radius 3 is 2.33 bits per heavy atom. The Bertz CT molecular complexity index is 801. The van der Waals surface area contributed by atoms with E-state index in [-0.39, 0.29) is 11.7 Å². The van der Waals surface area contributed by atoms with E-state index >= 15 is 0 Å². The standard InChI is InChI=1S/C20H26FN5O/c1-4-24(5-2)20(27)17-14-19(23-15(3)22-17)26-12-10-25(11-13-26)18-9-7-6-8-16(18)21/h6-9,14H,4-5,10-13H2,1-3H3. The summed E-state index contributed by atoms with van der Waals surface area (Å²) in [5, 5.41) is 0. The Kier molecular flexibility index (Phi) is 5.88. The third-order valence-electron chi connectivity index (χ3n) is 4.89. The number of amides is 1. The molecule has 27 heavy (non-hydrogen) atoms. The largest absolute Gasteiger partial charge is 0.366 e. The number of rotatable bonds is 5. The fourth-order valence-electron chi connectivity index (χ4n) is 3.38. The van der Waals surface area contributed by atoms with Gasteiger partial charge in [-0.2, -0.15) is 0 Å². The maximum atomic E-state index is 14.0. The number of benzene rings is 1. The highest BCUT2D eigenvalue weighted by Crippen LogP contribution is 2.22. The van der Waals surface area contributed by atoms with Crippen LogP contribution in [-0.2, 0) is 0 Å². The van der Waals surface area contributed by atoms with Crippen molar-refractivity contribution < 1.29 is 9.18 Å². The van der Waals surface area contributed by atoms with E-state index in [1.54, 1.807) is 30.0 Å². The zero-order valence-corrected chi connectivity index (χ0v) is 16.2. The first-order chi connectivity index (χ1) is 13.0. The summed E-state index contributed by atoms with van der Waals surface area (Å²) in [6, 6.07) is 8.62. The number of halogens is 1. The molecule has 0 bridgehead atoms. The highest BCUT2D eigenvalue weighted by atomic mass is 19.1. The third kappa shape index (κ3) is 4.18. The highest BCUT2D eigenvalue weighted by Gasteiger charge is 2.22. The molecule has 7 heteroatoms. The van der Waals surface area contributed by atoms with Gasteiger partial charge in [0.15, 0.2) is 0 Å². The third-order valence-corrected chi connectivity index (χ3v) is 4.89. The number of hydrogen-bond donors (Lipinski definition) is 0. The molecule has 0 spiro atoms. The predicted octanol–water partition coefficient (Wildman–Crippen LogP) is 2.73. The molecule has 1 fully saturated rings. The van der Waals surface area contributed by atoms with Gasteiger partial charge >= 0.3 is 0 Å². The minimum atomic E-state index is -0.198. The molecule has 144 valence electrons. The predicted molar refractivity (Wildman–Crippen MR) is 105 cm³/mol. The van der Waals surface area contributed by atoms with E-state index in [2.05, 4.69) is 14.9 Å². The smallest absolute Gasteiger partial charge is 0.272 e. The van der Waals surface area contributed by atoms with Gasteiger partial charge in [0.2, 0.25) is 0 Å². The second-order valence-corrected chi connectivity index (χ2v) is 6.56. The lowest BCUT2D eigenvalue weighted by Gasteiger charge is -2.37. The first-order valence-corrected chi connectivity index (χ1v) is 9.42. The number of para-hydroxylation sites is 1. The summed E-state index contributed by atoms with van der Waals surface area (Å²) in [5.41, 5.74) is 1.06. The van der Waals surface area contributed by atoms with Crippen molar-refractivity contribution in [3.63, 3.8) is 0 Å². The van der Waals surface area contributed by atoms with E-state index in [1.807, 2.05) is 24.8 Å². The molecular weight excluding hydrogens is 345 g/mol. The first-order valence-electron chi connectivity index (χ1n) is 9.42. The van der Waals surface area contributed by atoms with Gasteiger partial charge in [0.05, 0.1) is 5.69 Å². The summed E-state index contributed by atoms with van der Waals surface area (Å²) in [6.07, 6.45) is 0. The molecule has 1 saturated heterocycles. The number of carbonyl (C=O) groups excluding carboxylic acids is 1. The summed E-state index contributed by atoms with van der Waals surface area (Å²) < 4.78 is 14.0. The van der Waals surface area contributed by atoms with Gasteiger partial charge in [0, 0.05) is 45.3 Å². The molecule has 1 aromatic heterocycles. The Hall–Kier alpha value is -2.70. The normalized spacial score (nSPS) is 14.4. The van der Waals surface area contributed by atoms with Crippen molar-refractivity contribution in [3.8, 4) is 0 Å². The average molecular weight is 371 g/mol. The Balaban J connectivity index is 1.74. The SMILES string of the molecule is CCN(CC)C(=O)c1cc(N2CCN(c3ccccc3F)CC2)nc(C)n1.